The van der Waals surface area contributed by atoms with E-state index < -0.39 is 0 Å². The van der Waals surface area contributed by atoms with E-state index in [1.54, 1.807) is 30.3 Å². The van der Waals surface area contributed by atoms with Crippen LogP contribution in [0, 0.1) is 5.41 Å². The molecule has 4 rings (SSSR count). The van der Waals surface area contributed by atoms with Crippen LogP contribution in [0.15, 0.2) is 36.5 Å². The molecular weight excluding hydrogens is 342 g/mol. The second kappa shape index (κ2) is 7.36. The number of nitrogens with zero attached hydrogens (tertiary/aromatic N) is 2. The second-order valence-electron chi connectivity index (χ2n) is 7.10. The number of aromatic nitrogens is 2. The summed E-state index contributed by atoms with van der Waals surface area (Å²) < 4.78 is 6.01. The molecule has 2 fully saturated rings. The van der Waals surface area contributed by atoms with Crippen LogP contribution in [0.4, 0.5) is 0 Å². The molecule has 2 aliphatic rings. The normalized spacial score (nSPS) is 24.6. The number of nitrogens with two attached hydrogens (primary N) is 1. The van der Waals surface area contributed by atoms with Crippen molar-refractivity contribution in [3.63, 3.8) is 0 Å². The summed E-state index contributed by atoms with van der Waals surface area (Å²) in [4.78, 5) is 0. The third-order valence-corrected chi connectivity index (χ3v) is 5.30. The molecule has 2 unspecified atom stereocenters. The van der Waals surface area contributed by atoms with Crippen molar-refractivity contribution in [1.29, 1.82) is 5.41 Å². The largest absolute Gasteiger partial charge is 0.507 e. The molecule has 0 saturated carbocycles. The molecule has 7 heteroatoms. The Bertz CT molecular complexity index is 853. The van der Waals surface area contributed by atoms with E-state index in [1.165, 1.54) is 19.0 Å². The molecule has 0 radical (unpaired) electrons. The predicted octanol–water partition coefficient (Wildman–Crippen LogP) is 2.46. The summed E-state index contributed by atoms with van der Waals surface area (Å²) in [5.74, 6) is 0.574. The van der Waals surface area contributed by atoms with Gasteiger partial charge in [-0.2, -0.15) is 0 Å². The van der Waals surface area contributed by atoms with Crippen LogP contribution in [0.5, 0.6) is 11.6 Å². The number of fused-ring (bicyclic) bond motifs is 2. The molecular formula is C20H23N5O2. The van der Waals surface area contributed by atoms with E-state index in [4.69, 9.17) is 15.9 Å². The molecule has 2 saturated heterocycles. The summed E-state index contributed by atoms with van der Waals surface area (Å²) in [6.07, 6.45) is 7.12. The van der Waals surface area contributed by atoms with Gasteiger partial charge in [-0.1, -0.05) is 6.07 Å². The number of piperidine rings is 1. The van der Waals surface area contributed by atoms with Gasteiger partial charge in [0.1, 0.15) is 11.9 Å². The first kappa shape index (κ1) is 17.5. The number of allylic oxidation sites excluding steroid dienone is 1. The maximum atomic E-state index is 10.3. The highest BCUT2D eigenvalue weighted by Gasteiger charge is 2.34. The van der Waals surface area contributed by atoms with E-state index in [0.717, 1.165) is 19.1 Å². The number of phenolic OH excluding ortho intramolecular Hbond substituents is 1. The smallest absolute Gasteiger partial charge is 0.233 e. The van der Waals surface area contributed by atoms with Crippen LogP contribution in [0.2, 0.25) is 0 Å². The Morgan fingerprint density at radius 1 is 1.19 bits per heavy atom. The molecule has 1 aromatic heterocycles. The highest BCUT2D eigenvalue weighted by molar-refractivity contribution is 6.08. The molecule has 2 aromatic rings. The van der Waals surface area contributed by atoms with Crippen molar-refractivity contribution in [2.75, 3.05) is 0 Å². The fourth-order valence-electron chi connectivity index (χ4n) is 3.95. The average molecular weight is 365 g/mol. The van der Waals surface area contributed by atoms with Gasteiger partial charge in [0.25, 0.3) is 0 Å². The molecule has 3 heterocycles. The van der Waals surface area contributed by atoms with Crippen LogP contribution < -0.4 is 15.8 Å². The molecule has 140 valence electrons. The van der Waals surface area contributed by atoms with E-state index in [9.17, 15) is 5.11 Å². The van der Waals surface area contributed by atoms with Crippen LogP contribution in [-0.4, -0.2) is 39.7 Å². The third kappa shape index (κ3) is 3.64. The van der Waals surface area contributed by atoms with Gasteiger partial charge in [-0.15, -0.1) is 10.2 Å². The summed E-state index contributed by atoms with van der Waals surface area (Å²) in [5.41, 5.74) is 7.82. The number of hydrogen-bond acceptors (Lipinski definition) is 7. The van der Waals surface area contributed by atoms with Crippen molar-refractivity contribution >= 4 is 11.8 Å². The Morgan fingerprint density at radius 2 is 1.96 bits per heavy atom. The maximum Gasteiger partial charge on any atom is 0.233 e. The zero-order valence-corrected chi connectivity index (χ0v) is 14.9. The zero-order chi connectivity index (χ0) is 18.8. The van der Waals surface area contributed by atoms with Crippen molar-refractivity contribution in [2.24, 2.45) is 5.73 Å². The quantitative estimate of drug-likeness (QED) is 0.605. The first-order valence-corrected chi connectivity index (χ1v) is 9.19. The summed E-state index contributed by atoms with van der Waals surface area (Å²) in [5, 5.41) is 29.7. The minimum absolute atomic E-state index is 0.0617. The Hall–Kier alpha value is -2.93. The highest BCUT2D eigenvalue weighted by Crippen LogP contribution is 2.32. The van der Waals surface area contributed by atoms with E-state index >= 15 is 0 Å². The number of nitrogens with one attached hydrogen (secondary N) is 2. The molecule has 7 nitrogen and oxygen atoms in total. The Kier molecular flexibility index (Phi) is 4.77. The number of benzene rings is 1. The molecule has 0 aliphatic carbocycles. The van der Waals surface area contributed by atoms with Crippen molar-refractivity contribution < 1.29 is 9.84 Å². The van der Waals surface area contributed by atoms with Gasteiger partial charge in [-0.3, -0.25) is 0 Å². The zero-order valence-electron chi connectivity index (χ0n) is 14.9. The van der Waals surface area contributed by atoms with Crippen LogP contribution >= 0.6 is 0 Å². The molecule has 0 amide bonds. The van der Waals surface area contributed by atoms with Gasteiger partial charge < -0.3 is 26.3 Å². The molecule has 5 N–H and O–H groups in total. The number of rotatable bonds is 5. The number of hydrogen-bond donors (Lipinski definition) is 4. The lowest BCUT2D eigenvalue weighted by Gasteiger charge is -2.28. The lowest BCUT2D eigenvalue weighted by molar-refractivity contribution is 0.130. The maximum absolute atomic E-state index is 10.3. The molecule has 1 aromatic carbocycles. The van der Waals surface area contributed by atoms with Crippen LogP contribution in [0.3, 0.4) is 0 Å². The fourth-order valence-corrected chi connectivity index (χ4v) is 3.95. The van der Waals surface area contributed by atoms with Gasteiger partial charge in [0.05, 0.1) is 5.69 Å². The first-order valence-electron chi connectivity index (χ1n) is 9.19. The topological polar surface area (TPSA) is 117 Å². The van der Waals surface area contributed by atoms with Gasteiger partial charge >= 0.3 is 0 Å². The third-order valence-electron chi connectivity index (χ3n) is 5.30. The average Bonchev–Trinajstić information content (AvgIpc) is 3.02. The number of aromatic hydroxyl groups is 1. The van der Waals surface area contributed by atoms with E-state index in [2.05, 4.69) is 15.5 Å². The van der Waals surface area contributed by atoms with Gasteiger partial charge in [0.15, 0.2) is 0 Å². The predicted molar refractivity (Wildman–Crippen MR) is 104 cm³/mol. The molecule has 2 bridgehead atoms. The Labute approximate surface area is 157 Å². The minimum atomic E-state index is 0.0617. The van der Waals surface area contributed by atoms with Crippen molar-refractivity contribution in [3.05, 3.63) is 42.1 Å². The minimum Gasteiger partial charge on any atom is -0.507 e. The summed E-state index contributed by atoms with van der Waals surface area (Å²) >= 11 is 0. The first-order chi connectivity index (χ1) is 13.2. The van der Waals surface area contributed by atoms with Crippen LogP contribution in [-0.2, 0) is 0 Å². The highest BCUT2D eigenvalue weighted by atomic mass is 16.5. The van der Waals surface area contributed by atoms with E-state index in [-0.39, 0.29) is 11.9 Å². The standard InChI is InChI=1S/C20H23N5O2/c21-10-13(11-22)12-1-4-17(19(26)7-12)18-5-6-20(25-24-18)27-16-8-14-2-3-15(9-16)23-14/h1,4-7,10-11,14-16,21,23,26H,2-3,8-9,22H2/b13-11+,21-10?/t14-,15?,16?/m1/s1. The van der Waals surface area contributed by atoms with Crippen LogP contribution in [0.25, 0.3) is 16.8 Å². The van der Waals surface area contributed by atoms with Crippen LogP contribution in [0.1, 0.15) is 31.2 Å². The SMILES string of the molecule is N=C/C(=C\N)c1ccc(-c2ccc(OC3CC4CC[C@H](C3)N4)nn2)c(O)c1. The van der Waals surface area contributed by atoms with Gasteiger partial charge in [-0.05, 0) is 49.4 Å². The lowest BCUT2D eigenvalue weighted by Crippen LogP contribution is -2.42. The molecule has 0 spiro atoms. The summed E-state index contributed by atoms with van der Waals surface area (Å²) in [7, 11) is 0. The van der Waals surface area contributed by atoms with Crippen molar-refractivity contribution in [3.8, 4) is 22.9 Å². The lowest BCUT2D eigenvalue weighted by atomic mass is 10.0. The number of phenols is 1. The van der Waals surface area contributed by atoms with Gasteiger partial charge in [-0.25, -0.2) is 0 Å². The van der Waals surface area contributed by atoms with Gasteiger partial charge in [0.2, 0.25) is 5.88 Å². The number of ether oxygens (including phenoxy) is 1. The molecule has 3 atom stereocenters. The van der Waals surface area contributed by atoms with E-state index in [0.29, 0.717) is 40.4 Å². The monoisotopic (exact) mass is 365 g/mol. The van der Waals surface area contributed by atoms with Crippen molar-refractivity contribution in [1.82, 2.24) is 15.5 Å². The fraction of sp³-hybridized carbons (Fsp3) is 0.350. The summed E-state index contributed by atoms with van der Waals surface area (Å²) in [6, 6.07) is 9.80. The van der Waals surface area contributed by atoms with Crippen molar-refractivity contribution in [2.45, 2.75) is 43.9 Å². The second-order valence-corrected chi connectivity index (χ2v) is 7.10. The molecule has 27 heavy (non-hydrogen) atoms. The summed E-state index contributed by atoms with van der Waals surface area (Å²) in [6.45, 7) is 0. The van der Waals surface area contributed by atoms with Gasteiger partial charge in [0, 0.05) is 41.7 Å². The Balaban J connectivity index is 1.48. The molecule has 2 aliphatic heterocycles. The van der Waals surface area contributed by atoms with E-state index in [1.807, 2.05) is 0 Å². The Morgan fingerprint density at radius 3 is 2.56 bits per heavy atom.